The van der Waals surface area contributed by atoms with E-state index in [0.717, 1.165) is 0 Å². The second kappa shape index (κ2) is 10.8. The number of nitrogens with one attached hydrogen (secondary N) is 1. The molecule has 1 aliphatic rings. The van der Waals surface area contributed by atoms with Crippen molar-refractivity contribution in [2.75, 3.05) is 12.1 Å². The van der Waals surface area contributed by atoms with Crippen molar-refractivity contribution >= 4 is 28.5 Å². The third-order valence-electron chi connectivity index (χ3n) is 6.47. The molecule has 200 valence electrons. The lowest BCUT2D eigenvalue weighted by molar-refractivity contribution is -0.140. The summed E-state index contributed by atoms with van der Waals surface area (Å²) in [5, 5.41) is 11.1. The van der Waals surface area contributed by atoms with Gasteiger partial charge in [0.1, 0.15) is 23.9 Å². The molecule has 0 unspecified atom stereocenters. The van der Waals surface area contributed by atoms with Gasteiger partial charge in [0.2, 0.25) is 12.7 Å². The standard InChI is InChI=1S/C29H23FN6O4/c30-21-7-3-6-20(13-21)28(29(38)32-22-10-11-25-26(14-22)40-18-39-25)35(16-19-5-4-12-31-15-19)27(37)17-36-24-9-2-1-8-23(24)33-34-36/h1-15,28H,16-18H2,(H,32,38)/t28-/m0/s1. The first-order valence-electron chi connectivity index (χ1n) is 12.5. The SMILES string of the molecule is O=C(Nc1ccc2c(c1)OCO2)[C@H](c1cccc(F)c1)N(Cc1cccnc1)C(=O)Cn1nnc2ccccc21. The van der Waals surface area contributed by atoms with Gasteiger partial charge in [0.25, 0.3) is 5.91 Å². The zero-order valence-electron chi connectivity index (χ0n) is 21.1. The van der Waals surface area contributed by atoms with E-state index >= 15 is 0 Å². The molecule has 1 N–H and O–H groups in total. The van der Waals surface area contributed by atoms with Crippen LogP contribution in [0.2, 0.25) is 0 Å². The Morgan fingerprint density at radius 3 is 2.73 bits per heavy atom. The molecule has 1 atom stereocenters. The highest BCUT2D eigenvalue weighted by Crippen LogP contribution is 2.35. The highest BCUT2D eigenvalue weighted by Gasteiger charge is 2.33. The van der Waals surface area contributed by atoms with Crippen molar-refractivity contribution < 1.29 is 23.5 Å². The minimum absolute atomic E-state index is 0.0367. The van der Waals surface area contributed by atoms with Gasteiger partial charge in [-0.1, -0.05) is 35.5 Å². The van der Waals surface area contributed by atoms with E-state index in [-0.39, 0.29) is 19.9 Å². The van der Waals surface area contributed by atoms with E-state index in [1.807, 2.05) is 18.2 Å². The third kappa shape index (κ3) is 5.17. The Hall–Kier alpha value is -5.32. The number of amides is 2. The van der Waals surface area contributed by atoms with Crippen LogP contribution in [-0.4, -0.2) is 43.5 Å². The molecule has 3 heterocycles. The average Bonchev–Trinajstić information content (AvgIpc) is 3.60. The van der Waals surface area contributed by atoms with Crippen molar-refractivity contribution in [3.05, 3.63) is 108 Å². The van der Waals surface area contributed by atoms with Gasteiger partial charge >= 0.3 is 0 Å². The van der Waals surface area contributed by atoms with Crippen LogP contribution in [-0.2, 0) is 22.7 Å². The number of fused-ring (bicyclic) bond motifs is 2. The fraction of sp³-hybridized carbons (Fsp3) is 0.138. The van der Waals surface area contributed by atoms with Gasteiger partial charge in [0.15, 0.2) is 11.5 Å². The molecule has 10 nitrogen and oxygen atoms in total. The molecule has 5 aromatic rings. The number of aromatic nitrogens is 4. The maximum Gasteiger partial charge on any atom is 0.251 e. The number of carbonyl (C=O) groups excluding carboxylic acids is 2. The molecule has 1 aliphatic heterocycles. The molecule has 40 heavy (non-hydrogen) atoms. The van der Waals surface area contributed by atoms with E-state index in [9.17, 15) is 14.0 Å². The maximum absolute atomic E-state index is 14.4. The predicted molar refractivity (Wildman–Crippen MR) is 143 cm³/mol. The Bertz CT molecular complexity index is 1690. The number of para-hydroxylation sites is 1. The molecule has 0 bridgehead atoms. The largest absolute Gasteiger partial charge is 0.454 e. The summed E-state index contributed by atoms with van der Waals surface area (Å²) in [6.45, 7) is -0.0675. The number of halogens is 1. The fourth-order valence-electron chi connectivity index (χ4n) is 4.60. The number of anilines is 1. The fourth-order valence-corrected chi connectivity index (χ4v) is 4.60. The molecule has 0 saturated carbocycles. The number of rotatable bonds is 8. The summed E-state index contributed by atoms with van der Waals surface area (Å²) in [6.07, 6.45) is 3.23. The molecule has 0 fully saturated rings. The monoisotopic (exact) mass is 538 g/mol. The second-order valence-corrected chi connectivity index (χ2v) is 9.13. The highest BCUT2D eigenvalue weighted by atomic mass is 19.1. The molecule has 6 rings (SSSR count). The Kier molecular flexibility index (Phi) is 6.75. The third-order valence-corrected chi connectivity index (χ3v) is 6.47. The van der Waals surface area contributed by atoms with Gasteiger partial charge in [0.05, 0.1) is 5.52 Å². The van der Waals surface area contributed by atoms with E-state index in [0.29, 0.717) is 39.3 Å². The molecule has 0 spiro atoms. The van der Waals surface area contributed by atoms with E-state index in [1.54, 1.807) is 54.9 Å². The van der Waals surface area contributed by atoms with E-state index < -0.39 is 23.7 Å². The van der Waals surface area contributed by atoms with Crippen LogP contribution in [0.3, 0.4) is 0 Å². The van der Waals surface area contributed by atoms with Crippen molar-refractivity contribution in [2.24, 2.45) is 0 Å². The van der Waals surface area contributed by atoms with E-state index in [2.05, 4.69) is 20.6 Å². The molecule has 2 aromatic heterocycles. The normalized spacial score (nSPS) is 12.7. The number of carbonyl (C=O) groups is 2. The summed E-state index contributed by atoms with van der Waals surface area (Å²) in [6, 6.07) is 20.3. The Balaban J connectivity index is 1.38. The van der Waals surface area contributed by atoms with Crippen molar-refractivity contribution in [1.29, 1.82) is 0 Å². The lowest BCUT2D eigenvalue weighted by Crippen LogP contribution is -2.42. The molecule has 2 amide bonds. The average molecular weight is 539 g/mol. The van der Waals surface area contributed by atoms with Crippen LogP contribution in [0.5, 0.6) is 11.5 Å². The Morgan fingerprint density at radius 2 is 1.88 bits per heavy atom. The van der Waals surface area contributed by atoms with Gasteiger partial charge in [-0.15, -0.1) is 5.10 Å². The van der Waals surface area contributed by atoms with Crippen LogP contribution in [0.1, 0.15) is 17.2 Å². The molecule has 0 radical (unpaired) electrons. The maximum atomic E-state index is 14.4. The van der Waals surface area contributed by atoms with E-state index in [1.165, 1.54) is 27.8 Å². The first-order valence-corrected chi connectivity index (χ1v) is 12.5. The smallest absolute Gasteiger partial charge is 0.251 e. The van der Waals surface area contributed by atoms with Gasteiger partial charge < -0.3 is 19.7 Å². The number of ether oxygens (including phenoxy) is 2. The minimum atomic E-state index is -1.19. The molecular weight excluding hydrogens is 515 g/mol. The summed E-state index contributed by atoms with van der Waals surface area (Å²) in [4.78, 5) is 33.4. The van der Waals surface area contributed by atoms with Crippen molar-refractivity contribution in [3.8, 4) is 11.5 Å². The summed E-state index contributed by atoms with van der Waals surface area (Å²) in [5.74, 6) is -0.441. The quantitative estimate of drug-likeness (QED) is 0.317. The minimum Gasteiger partial charge on any atom is -0.454 e. The van der Waals surface area contributed by atoms with Crippen LogP contribution >= 0.6 is 0 Å². The van der Waals surface area contributed by atoms with Crippen LogP contribution in [0, 0.1) is 5.82 Å². The van der Waals surface area contributed by atoms with Crippen molar-refractivity contribution in [3.63, 3.8) is 0 Å². The molecular formula is C29H23FN6O4. The van der Waals surface area contributed by atoms with Gasteiger partial charge in [-0.2, -0.15) is 0 Å². The zero-order chi connectivity index (χ0) is 27.5. The van der Waals surface area contributed by atoms with Crippen molar-refractivity contribution in [1.82, 2.24) is 24.9 Å². The van der Waals surface area contributed by atoms with Crippen LogP contribution in [0.4, 0.5) is 10.1 Å². The Labute approximate surface area is 228 Å². The van der Waals surface area contributed by atoms with Crippen molar-refractivity contribution in [2.45, 2.75) is 19.1 Å². The lowest BCUT2D eigenvalue weighted by atomic mass is 10.0. The number of pyridine rings is 1. The molecule has 11 heteroatoms. The van der Waals surface area contributed by atoms with E-state index in [4.69, 9.17) is 9.47 Å². The predicted octanol–water partition coefficient (Wildman–Crippen LogP) is 4.10. The first-order chi connectivity index (χ1) is 19.5. The van der Waals surface area contributed by atoms with Gasteiger partial charge in [-0.05, 0) is 53.6 Å². The second-order valence-electron chi connectivity index (χ2n) is 9.13. The molecule has 0 aliphatic carbocycles. The zero-order valence-corrected chi connectivity index (χ0v) is 21.1. The van der Waals surface area contributed by atoms with Crippen LogP contribution in [0.15, 0.2) is 91.3 Å². The molecule has 3 aromatic carbocycles. The number of hydrogen-bond acceptors (Lipinski definition) is 7. The molecule has 0 saturated heterocycles. The lowest BCUT2D eigenvalue weighted by Gasteiger charge is -2.31. The summed E-state index contributed by atoms with van der Waals surface area (Å²) >= 11 is 0. The number of benzene rings is 3. The summed E-state index contributed by atoms with van der Waals surface area (Å²) in [5.41, 5.74) is 2.74. The highest BCUT2D eigenvalue weighted by molar-refractivity contribution is 5.98. The van der Waals surface area contributed by atoms with Crippen LogP contribution in [0.25, 0.3) is 11.0 Å². The number of hydrogen-bond donors (Lipinski definition) is 1. The topological polar surface area (TPSA) is 111 Å². The van der Waals surface area contributed by atoms with Crippen LogP contribution < -0.4 is 14.8 Å². The van der Waals surface area contributed by atoms with Gasteiger partial charge in [-0.25, -0.2) is 9.07 Å². The van der Waals surface area contributed by atoms with Gasteiger partial charge in [0, 0.05) is 30.7 Å². The first kappa shape index (κ1) is 25.0. The summed E-state index contributed by atoms with van der Waals surface area (Å²) < 4.78 is 26.7. The number of nitrogens with zero attached hydrogens (tertiary/aromatic N) is 5. The Morgan fingerprint density at radius 1 is 1.00 bits per heavy atom. The summed E-state index contributed by atoms with van der Waals surface area (Å²) in [7, 11) is 0. The van der Waals surface area contributed by atoms with Gasteiger partial charge in [-0.3, -0.25) is 14.6 Å².